The Labute approximate surface area is 109 Å². The zero-order valence-electron chi connectivity index (χ0n) is 11.4. The van der Waals surface area contributed by atoms with Gasteiger partial charge in [-0.05, 0) is 32.4 Å². The van der Waals surface area contributed by atoms with Crippen LogP contribution < -0.4 is 0 Å². The van der Waals surface area contributed by atoms with E-state index in [0.29, 0.717) is 0 Å². The lowest BCUT2D eigenvalue weighted by atomic mass is 10.1. The number of nitrogens with zero attached hydrogens (tertiary/aromatic N) is 1. The van der Waals surface area contributed by atoms with Gasteiger partial charge >= 0.3 is 5.97 Å². The molecule has 0 N–H and O–H groups in total. The first kappa shape index (κ1) is 13.1. The maximum atomic E-state index is 11.7. The van der Waals surface area contributed by atoms with E-state index in [1.54, 1.807) is 0 Å². The van der Waals surface area contributed by atoms with Crippen molar-refractivity contribution in [3.8, 4) is 0 Å². The van der Waals surface area contributed by atoms with Crippen LogP contribution in [0.5, 0.6) is 0 Å². The van der Waals surface area contributed by atoms with Gasteiger partial charge in [-0.15, -0.1) is 0 Å². The number of esters is 1. The molecule has 98 valence electrons. The van der Waals surface area contributed by atoms with Gasteiger partial charge < -0.3 is 9.64 Å². The summed E-state index contributed by atoms with van der Waals surface area (Å²) in [4.78, 5) is 13.9. The van der Waals surface area contributed by atoms with Gasteiger partial charge in [0.05, 0.1) is 12.5 Å². The molecule has 0 radical (unpaired) electrons. The molecule has 0 amide bonds. The Kier molecular flexibility index (Phi) is 3.71. The van der Waals surface area contributed by atoms with E-state index in [-0.39, 0.29) is 11.4 Å². The van der Waals surface area contributed by atoms with Gasteiger partial charge in [0.25, 0.3) is 0 Å². The van der Waals surface area contributed by atoms with E-state index in [4.69, 9.17) is 4.74 Å². The number of ether oxygens (including phenoxy) is 1. The van der Waals surface area contributed by atoms with Crippen LogP contribution in [0, 0.1) is 12.3 Å². The summed E-state index contributed by atoms with van der Waals surface area (Å²) in [6.07, 6.45) is 1.91. The van der Waals surface area contributed by atoms with Gasteiger partial charge in [-0.2, -0.15) is 0 Å². The number of rotatable bonds is 5. The van der Waals surface area contributed by atoms with Gasteiger partial charge in [0.2, 0.25) is 0 Å². The summed E-state index contributed by atoms with van der Waals surface area (Å²) in [5.74, 6) is -0.0572. The first-order valence-corrected chi connectivity index (χ1v) is 6.38. The summed E-state index contributed by atoms with van der Waals surface area (Å²) >= 11 is 0. The van der Waals surface area contributed by atoms with E-state index in [9.17, 15) is 4.79 Å². The standard InChI is InChI=1S/C15H21NO2/c1-12-4-6-13(7-5-12)10-16(2)11-15(8-9-15)14(17)18-3/h4-7H,8-11H2,1-3H3. The SMILES string of the molecule is COC(=O)C1(CN(C)Cc2ccc(C)cc2)CC1. The predicted octanol–water partition coefficient (Wildman–Crippen LogP) is 2.38. The molecule has 3 nitrogen and oxygen atoms in total. The Bertz CT molecular complexity index is 421. The Morgan fingerprint density at radius 1 is 1.33 bits per heavy atom. The molecular formula is C15H21NO2. The summed E-state index contributed by atoms with van der Waals surface area (Å²) in [5.41, 5.74) is 2.33. The fraction of sp³-hybridized carbons (Fsp3) is 0.533. The van der Waals surface area contributed by atoms with Crippen LogP contribution in [0.1, 0.15) is 24.0 Å². The number of methoxy groups -OCH3 is 1. The zero-order chi connectivity index (χ0) is 13.2. The highest BCUT2D eigenvalue weighted by Crippen LogP contribution is 2.47. The van der Waals surface area contributed by atoms with E-state index < -0.39 is 0 Å². The molecule has 3 heteroatoms. The smallest absolute Gasteiger partial charge is 0.313 e. The number of carbonyl (C=O) groups is 1. The van der Waals surface area contributed by atoms with Crippen LogP contribution in [0.3, 0.4) is 0 Å². The van der Waals surface area contributed by atoms with Crippen LogP contribution in [-0.4, -0.2) is 31.6 Å². The molecule has 0 atom stereocenters. The number of hydrogen-bond acceptors (Lipinski definition) is 3. The van der Waals surface area contributed by atoms with Crippen molar-refractivity contribution in [1.29, 1.82) is 0 Å². The number of benzene rings is 1. The van der Waals surface area contributed by atoms with Crippen LogP contribution in [-0.2, 0) is 16.1 Å². The van der Waals surface area contributed by atoms with Crippen LogP contribution >= 0.6 is 0 Å². The third kappa shape index (κ3) is 2.91. The van der Waals surface area contributed by atoms with Crippen molar-refractivity contribution in [3.63, 3.8) is 0 Å². The van der Waals surface area contributed by atoms with E-state index >= 15 is 0 Å². The minimum atomic E-state index is -0.228. The van der Waals surface area contributed by atoms with E-state index in [1.807, 2.05) is 0 Å². The largest absolute Gasteiger partial charge is 0.469 e. The molecule has 1 aromatic carbocycles. The molecule has 1 aromatic rings. The van der Waals surface area contributed by atoms with Gasteiger partial charge in [-0.1, -0.05) is 29.8 Å². The third-order valence-electron chi connectivity index (χ3n) is 3.62. The summed E-state index contributed by atoms with van der Waals surface area (Å²) in [6.45, 7) is 3.75. The Balaban J connectivity index is 1.91. The number of aryl methyl sites for hydroxylation is 1. The molecule has 0 heterocycles. The lowest BCUT2D eigenvalue weighted by Gasteiger charge is -2.22. The summed E-state index contributed by atoms with van der Waals surface area (Å²) in [5, 5.41) is 0. The molecule has 0 spiro atoms. The molecule has 2 rings (SSSR count). The second-order valence-corrected chi connectivity index (χ2v) is 5.43. The van der Waals surface area contributed by atoms with Gasteiger partial charge in [0.15, 0.2) is 0 Å². The highest BCUT2D eigenvalue weighted by Gasteiger charge is 2.51. The maximum absolute atomic E-state index is 11.7. The molecule has 1 fully saturated rings. The Hall–Kier alpha value is -1.35. The predicted molar refractivity (Wildman–Crippen MR) is 71.2 cm³/mol. The zero-order valence-corrected chi connectivity index (χ0v) is 11.4. The van der Waals surface area contributed by atoms with Crippen molar-refractivity contribution in [3.05, 3.63) is 35.4 Å². The average molecular weight is 247 g/mol. The maximum Gasteiger partial charge on any atom is 0.313 e. The van der Waals surface area contributed by atoms with Gasteiger partial charge in [-0.3, -0.25) is 4.79 Å². The summed E-state index contributed by atoms with van der Waals surface area (Å²) < 4.78 is 4.88. The molecule has 18 heavy (non-hydrogen) atoms. The number of hydrogen-bond donors (Lipinski definition) is 0. The van der Waals surface area contributed by atoms with Crippen molar-refractivity contribution < 1.29 is 9.53 Å². The van der Waals surface area contributed by atoms with Crippen LogP contribution in [0.4, 0.5) is 0 Å². The topological polar surface area (TPSA) is 29.5 Å². The fourth-order valence-electron chi connectivity index (χ4n) is 2.37. The molecule has 1 saturated carbocycles. The minimum Gasteiger partial charge on any atom is -0.469 e. The first-order chi connectivity index (χ1) is 8.55. The Morgan fingerprint density at radius 2 is 1.94 bits per heavy atom. The molecule has 0 aliphatic heterocycles. The van der Waals surface area contributed by atoms with Gasteiger partial charge in [-0.25, -0.2) is 0 Å². The monoisotopic (exact) mass is 247 g/mol. The van der Waals surface area contributed by atoms with Crippen molar-refractivity contribution in [2.24, 2.45) is 5.41 Å². The molecule has 1 aliphatic rings. The molecule has 1 aliphatic carbocycles. The van der Waals surface area contributed by atoms with Crippen molar-refractivity contribution >= 4 is 5.97 Å². The third-order valence-corrected chi connectivity index (χ3v) is 3.62. The van der Waals surface area contributed by atoms with E-state index in [0.717, 1.165) is 25.9 Å². The molecular weight excluding hydrogens is 226 g/mol. The molecule has 0 unspecified atom stereocenters. The second-order valence-electron chi connectivity index (χ2n) is 5.43. The second kappa shape index (κ2) is 5.11. The Morgan fingerprint density at radius 3 is 2.44 bits per heavy atom. The van der Waals surface area contributed by atoms with E-state index in [2.05, 4.69) is 43.1 Å². The fourth-order valence-corrected chi connectivity index (χ4v) is 2.37. The van der Waals surface area contributed by atoms with Crippen molar-refractivity contribution in [2.75, 3.05) is 20.7 Å². The van der Waals surface area contributed by atoms with Crippen LogP contribution in [0.15, 0.2) is 24.3 Å². The van der Waals surface area contributed by atoms with Gasteiger partial charge in [0.1, 0.15) is 0 Å². The summed E-state index contributed by atoms with van der Waals surface area (Å²) in [6, 6.07) is 8.53. The molecule has 0 aromatic heterocycles. The summed E-state index contributed by atoms with van der Waals surface area (Å²) in [7, 11) is 3.53. The molecule has 0 saturated heterocycles. The quantitative estimate of drug-likeness (QED) is 0.748. The lowest BCUT2D eigenvalue weighted by molar-refractivity contribution is -0.147. The van der Waals surface area contributed by atoms with E-state index in [1.165, 1.54) is 18.2 Å². The van der Waals surface area contributed by atoms with Crippen molar-refractivity contribution in [2.45, 2.75) is 26.3 Å². The number of carbonyl (C=O) groups excluding carboxylic acids is 1. The minimum absolute atomic E-state index is 0.0572. The first-order valence-electron chi connectivity index (χ1n) is 6.38. The normalized spacial score (nSPS) is 16.7. The van der Waals surface area contributed by atoms with Crippen LogP contribution in [0.2, 0.25) is 0 Å². The highest BCUT2D eigenvalue weighted by molar-refractivity contribution is 5.80. The highest BCUT2D eigenvalue weighted by atomic mass is 16.5. The van der Waals surface area contributed by atoms with Gasteiger partial charge in [0, 0.05) is 13.1 Å². The average Bonchev–Trinajstić information content (AvgIpc) is 3.12. The molecule has 0 bridgehead atoms. The van der Waals surface area contributed by atoms with Crippen molar-refractivity contribution in [1.82, 2.24) is 4.90 Å². The lowest BCUT2D eigenvalue weighted by Crippen LogP contribution is -2.32. The van der Waals surface area contributed by atoms with Crippen LogP contribution in [0.25, 0.3) is 0 Å².